The molecule has 0 aromatic rings. The van der Waals surface area contributed by atoms with Crippen LogP contribution in [0.25, 0.3) is 0 Å². The molecule has 1 saturated heterocycles. The van der Waals surface area contributed by atoms with Crippen molar-refractivity contribution < 1.29 is 0 Å². The zero-order valence-electron chi connectivity index (χ0n) is 14.0. The molecule has 0 amide bonds. The Balaban J connectivity index is 3.01. The molecule has 19 heavy (non-hydrogen) atoms. The summed E-state index contributed by atoms with van der Waals surface area (Å²) in [5, 5.41) is 0. The Bertz CT molecular complexity index is 200. The Labute approximate surface area is 122 Å². The van der Waals surface area contributed by atoms with Gasteiger partial charge in [0.15, 0.2) is 0 Å². The van der Waals surface area contributed by atoms with E-state index in [1.165, 1.54) is 77.3 Å². The molecule has 1 atom stereocenters. The van der Waals surface area contributed by atoms with Crippen molar-refractivity contribution in [3.63, 3.8) is 0 Å². The summed E-state index contributed by atoms with van der Waals surface area (Å²) in [4.78, 5) is 2.91. The lowest BCUT2D eigenvalue weighted by atomic mass is 9.72. The Morgan fingerprint density at radius 1 is 0.895 bits per heavy atom. The van der Waals surface area contributed by atoms with Gasteiger partial charge in [-0.05, 0) is 57.5 Å². The van der Waals surface area contributed by atoms with Gasteiger partial charge in [0.1, 0.15) is 0 Å². The van der Waals surface area contributed by atoms with Crippen LogP contribution >= 0.6 is 0 Å². The molecule has 1 rings (SSSR count). The molecule has 114 valence electrons. The van der Waals surface area contributed by atoms with Gasteiger partial charge in [-0.1, -0.05) is 53.4 Å². The standard InChI is InChI=1S/C18H37N/c1-5-11-17-12-9-10-16-19(15-8-4)18(17,13-6-2)14-7-3/h17H,5-16H2,1-4H3. The molecule has 1 nitrogen and oxygen atoms in total. The summed E-state index contributed by atoms with van der Waals surface area (Å²) in [5.41, 5.74) is 0.534. The number of hydrogen-bond acceptors (Lipinski definition) is 1. The van der Waals surface area contributed by atoms with E-state index >= 15 is 0 Å². The molecule has 1 heteroatoms. The van der Waals surface area contributed by atoms with Crippen LogP contribution in [0.1, 0.15) is 91.9 Å². The SMILES string of the molecule is CCCC1CCCCN(CCC)C1(CCC)CCC. The predicted octanol–water partition coefficient (Wildman–Crippen LogP) is 5.64. The first-order chi connectivity index (χ1) is 9.25. The van der Waals surface area contributed by atoms with Crippen molar-refractivity contribution in [2.24, 2.45) is 5.92 Å². The number of likely N-dealkylation sites (tertiary alicyclic amines) is 1. The van der Waals surface area contributed by atoms with Crippen LogP contribution < -0.4 is 0 Å². The minimum atomic E-state index is 0.534. The van der Waals surface area contributed by atoms with Gasteiger partial charge in [0.2, 0.25) is 0 Å². The lowest BCUT2D eigenvalue weighted by molar-refractivity contribution is 0.0184. The molecule has 0 spiro atoms. The first-order valence-corrected chi connectivity index (χ1v) is 9.00. The molecule has 1 unspecified atom stereocenters. The average Bonchev–Trinajstić information content (AvgIpc) is 2.54. The molecule has 0 aromatic carbocycles. The third-order valence-electron chi connectivity index (χ3n) is 5.12. The number of nitrogens with zero attached hydrogens (tertiary/aromatic N) is 1. The molecule has 1 fully saturated rings. The van der Waals surface area contributed by atoms with Gasteiger partial charge in [0, 0.05) is 5.54 Å². The molecule has 1 aliphatic heterocycles. The van der Waals surface area contributed by atoms with Gasteiger partial charge >= 0.3 is 0 Å². The molecule has 0 aromatic heterocycles. The van der Waals surface area contributed by atoms with Crippen LogP contribution in [0.3, 0.4) is 0 Å². The largest absolute Gasteiger partial charge is 0.297 e. The van der Waals surface area contributed by atoms with E-state index in [9.17, 15) is 0 Å². The van der Waals surface area contributed by atoms with E-state index in [0.29, 0.717) is 5.54 Å². The molecule has 0 N–H and O–H groups in total. The van der Waals surface area contributed by atoms with Crippen molar-refractivity contribution in [2.45, 2.75) is 97.4 Å². The summed E-state index contributed by atoms with van der Waals surface area (Å²) < 4.78 is 0. The number of rotatable bonds is 8. The van der Waals surface area contributed by atoms with E-state index in [4.69, 9.17) is 0 Å². The van der Waals surface area contributed by atoms with E-state index < -0.39 is 0 Å². The fourth-order valence-corrected chi connectivity index (χ4v) is 4.52. The van der Waals surface area contributed by atoms with Crippen molar-refractivity contribution in [1.82, 2.24) is 4.90 Å². The van der Waals surface area contributed by atoms with Gasteiger partial charge in [-0.3, -0.25) is 4.90 Å². The Hall–Kier alpha value is -0.0400. The van der Waals surface area contributed by atoms with Crippen LogP contribution in [0.4, 0.5) is 0 Å². The highest BCUT2D eigenvalue weighted by molar-refractivity contribution is 4.97. The monoisotopic (exact) mass is 267 g/mol. The van der Waals surface area contributed by atoms with E-state index in [2.05, 4.69) is 32.6 Å². The van der Waals surface area contributed by atoms with Crippen LogP contribution in [-0.4, -0.2) is 23.5 Å². The van der Waals surface area contributed by atoms with E-state index in [0.717, 1.165) is 5.92 Å². The van der Waals surface area contributed by atoms with Crippen LogP contribution in [0, 0.1) is 5.92 Å². The van der Waals surface area contributed by atoms with Gasteiger partial charge in [-0.25, -0.2) is 0 Å². The molecule has 0 saturated carbocycles. The first-order valence-electron chi connectivity index (χ1n) is 9.00. The maximum absolute atomic E-state index is 2.91. The van der Waals surface area contributed by atoms with Crippen molar-refractivity contribution in [2.75, 3.05) is 13.1 Å². The Morgan fingerprint density at radius 3 is 2.11 bits per heavy atom. The summed E-state index contributed by atoms with van der Waals surface area (Å²) in [6.07, 6.45) is 14.0. The second kappa shape index (κ2) is 9.00. The lowest BCUT2D eigenvalue weighted by Gasteiger charge is -2.48. The maximum atomic E-state index is 2.91. The summed E-state index contributed by atoms with van der Waals surface area (Å²) >= 11 is 0. The highest BCUT2D eigenvalue weighted by atomic mass is 15.2. The number of hydrogen-bond donors (Lipinski definition) is 0. The van der Waals surface area contributed by atoms with Gasteiger partial charge in [0.25, 0.3) is 0 Å². The second-order valence-corrected chi connectivity index (χ2v) is 6.57. The van der Waals surface area contributed by atoms with Crippen LogP contribution in [-0.2, 0) is 0 Å². The van der Waals surface area contributed by atoms with Gasteiger partial charge in [-0.2, -0.15) is 0 Å². The van der Waals surface area contributed by atoms with E-state index in [1.807, 2.05) is 0 Å². The zero-order valence-corrected chi connectivity index (χ0v) is 14.0. The predicted molar refractivity (Wildman–Crippen MR) is 86.7 cm³/mol. The average molecular weight is 268 g/mol. The van der Waals surface area contributed by atoms with Crippen LogP contribution in [0.2, 0.25) is 0 Å². The fraction of sp³-hybridized carbons (Fsp3) is 1.00. The topological polar surface area (TPSA) is 3.24 Å². The van der Waals surface area contributed by atoms with Gasteiger partial charge in [0.05, 0.1) is 0 Å². The molecular weight excluding hydrogens is 230 g/mol. The molecule has 0 radical (unpaired) electrons. The highest BCUT2D eigenvalue weighted by Gasteiger charge is 2.42. The fourth-order valence-electron chi connectivity index (χ4n) is 4.52. The summed E-state index contributed by atoms with van der Waals surface area (Å²) in [7, 11) is 0. The van der Waals surface area contributed by atoms with Crippen molar-refractivity contribution in [3.05, 3.63) is 0 Å². The summed E-state index contributed by atoms with van der Waals surface area (Å²) in [5.74, 6) is 0.950. The van der Waals surface area contributed by atoms with E-state index in [-0.39, 0.29) is 0 Å². The molecule has 1 aliphatic rings. The minimum absolute atomic E-state index is 0.534. The normalized spacial score (nSPS) is 24.3. The Morgan fingerprint density at radius 2 is 1.58 bits per heavy atom. The zero-order chi connectivity index (χ0) is 14.1. The third kappa shape index (κ3) is 4.21. The summed E-state index contributed by atoms with van der Waals surface area (Å²) in [6, 6.07) is 0. The first kappa shape index (κ1) is 17.0. The minimum Gasteiger partial charge on any atom is -0.297 e. The third-order valence-corrected chi connectivity index (χ3v) is 5.12. The van der Waals surface area contributed by atoms with Crippen LogP contribution in [0.5, 0.6) is 0 Å². The quantitative estimate of drug-likeness (QED) is 0.550. The van der Waals surface area contributed by atoms with Gasteiger partial charge < -0.3 is 0 Å². The lowest BCUT2D eigenvalue weighted by Crippen LogP contribution is -2.53. The summed E-state index contributed by atoms with van der Waals surface area (Å²) in [6.45, 7) is 12.2. The molecule has 0 aliphatic carbocycles. The molecule has 0 bridgehead atoms. The van der Waals surface area contributed by atoms with Gasteiger partial charge in [-0.15, -0.1) is 0 Å². The van der Waals surface area contributed by atoms with Crippen LogP contribution in [0.15, 0.2) is 0 Å². The molecule has 1 heterocycles. The van der Waals surface area contributed by atoms with Crippen molar-refractivity contribution >= 4 is 0 Å². The molecular formula is C18H37N. The second-order valence-electron chi connectivity index (χ2n) is 6.57. The smallest absolute Gasteiger partial charge is 0.0237 e. The van der Waals surface area contributed by atoms with Crippen molar-refractivity contribution in [1.29, 1.82) is 0 Å². The highest BCUT2D eigenvalue weighted by Crippen LogP contribution is 2.42. The van der Waals surface area contributed by atoms with E-state index in [1.54, 1.807) is 0 Å². The van der Waals surface area contributed by atoms with Crippen molar-refractivity contribution in [3.8, 4) is 0 Å². The Kier molecular flexibility index (Phi) is 8.06. The maximum Gasteiger partial charge on any atom is 0.0237 e.